The van der Waals surface area contributed by atoms with E-state index in [1.165, 1.54) is 50.8 Å². The maximum Gasteiger partial charge on any atom is 0.421 e. The number of rotatable bonds is 7. The zero-order valence-corrected chi connectivity index (χ0v) is 19.1. The minimum absolute atomic E-state index is 0.0263. The summed E-state index contributed by atoms with van der Waals surface area (Å²) in [5, 5.41) is 5.32. The first-order chi connectivity index (χ1) is 15.9. The molecule has 0 spiro atoms. The molecule has 2 aromatic carbocycles. The van der Waals surface area contributed by atoms with Crippen LogP contribution in [0.3, 0.4) is 0 Å². The van der Waals surface area contributed by atoms with Gasteiger partial charge in [0.1, 0.15) is 24.3 Å². The van der Waals surface area contributed by atoms with Crippen LogP contribution in [0.1, 0.15) is 15.9 Å². The Labute approximate surface area is 192 Å². The molecule has 0 saturated heterocycles. The Morgan fingerprint density at radius 3 is 2.32 bits per heavy atom. The molecular formula is C21H20F4N5O3P. The van der Waals surface area contributed by atoms with Crippen LogP contribution in [0.5, 0.6) is 0 Å². The van der Waals surface area contributed by atoms with Crippen LogP contribution in [0.2, 0.25) is 0 Å². The number of nitrogens with zero attached hydrogens (tertiary/aromatic N) is 2. The molecule has 34 heavy (non-hydrogen) atoms. The van der Waals surface area contributed by atoms with E-state index in [4.69, 9.17) is 0 Å². The Morgan fingerprint density at radius 2 is 1.74 bits per heavy atom. The quantitative estimate of drug-likeness (QED) is 0.248. The number of amides is 1. The standard InChI is InChI=1S/C21H20F4N5O3P/c1-33-30-19(31)12-4-7-14(8-5-12)27-20-26-11-15(21(23,24)25)18(29-20)28-16-9-6-13(22)10-17(16)34(2,3)32/h4-11H,1-3H3,(H,30,31)(H2,26,27,28,29). The van der Waals surface area contributed by atoms with Crippen LogP contribution in [0.25, 0.3) is 0 Å². The molecule has 1 heterocycles. The Morgan fingerprint density at radius 1 is 1.06 bits per heavy atom. The predicted molar refractivity (Wildman–Crippen MR) is 120 cm³/mol. The number of carbonyl (C=O) groups excluding carboxylic acids is 1. The smallest absolute Gasteiger partial charge is 0.339 e. The van der Waals surface area contributed by atoms with Gasteiger partial charge in [-0.3, -0.25) is 9.63 Å². The van der Waals surface area contributed by atoms with Crippen molar-refractivity contribution in [1.29, 1.82) is 0 Å². The Balaban J connectivity index is 1.96. The SMILES string of the molecule is CONC(=O)c1ccc(Nc2ncc(C(F)(F)F)c(Nc3ccc(F)cc3P(C)(C)=O)n2)cc1. The van der Waals surface area contributed by atoms with Crippen molar-refractivity contribution in [2.45, 2.75) is 6.18 Å². The van der Waals surface area contributed by atoms with E-state index in [1.807, 2.05) is 0 Å². The van der Waals surface area contributed by atoms with Crippen LogP contribution in [0, 0.1) is 5.82 Å². The summed E-state index contributed by atoms with van der Waals surface area (Å²) in [5.74, 6) is -1.94. The molecule has 0 aliphatic rings. The van der Waals surface area contributed by atoms with Gasteiger partial charge in [-0.2, -0.15) is 18.2 Å². The number of hydrogen-bond donors (Lipinski definition) is 3. The van der Waals surface area contributed by atoms with Gasteiger partial charge in [0.15, 0.2) is 0 Å². The molecule has 0 aliphatic carbocycles. The summed E-state index contributed by atoms with van der Waals surface area (Å²) >= 11 is 0. The summed E-state index contributed by atoms with van der Waals surface area (Å²) in [7, 11) is -1.76. The van der Waals surface area contributed by atoms with Crippen molar-refractivity contribution < 1.29 is 31.8 Å². The van der Waals surface area contributed by atoms with E-state index >= 15 is 0 Å². The second-order valence-electron chi connectivity index (χ2n) is 7.43. The van der Waals surface area contributed by atoms with Crippen molar-refractivity contribution in [2.75, 3.05) is 31.1 Å². The lowest BCUT2D eigenvalue weighted by molar-refractivity contribution is -0.137. The highest BCUT2D eigenvalue weighted by Crippen LogP contribution is 2.40. The number of carbonyl (C=O) groups is 1. The van der Waals surface area contributed by atoms with E-state index in [9.17, 15) is 26.9 Å². The van der Waals surface area contributed by atoms with Crippen LogP contribution in [-0.4, -0.2) is 36.3 Å². The third kappa shape index (κ3) is 6.09. The third-order valence-electron chi connectivity index (χ3n) is 4.49. The topological polar surface area (TPSA) is 105 Å². The largest absolute Gasteiger partial charge is 0.421 e. The van der Waals surface area contributed by atoms with Gasteiger partial charge in [-0.15, -0.1) is 0 Å². The molecule has 1 aromatic heterocycles. The van der Waals surface area contributed by atoms with Gasteiger partial charge in [-0.05, 0) is 55.8 Å². The van der Waals surface area contributed by atoms with Crippen molar-refractivity contribution in [3.8, 4) is 0 Å². The van der Waals surface area contributed by atoms with Crippen molar-refractivity contribution in [3.05, 3.63) is 65.6 Å². The van der Waals surface area contributed by atoms with Crippen LogP contribution < -0.4 is 21.4 Å². The highest BCUT2D eigenvalue weighted by Gasteiger charge is 2.36. The van der Waals surface area contributed by atoms with Gasteiger partial charge in [0.25, 0.3) is 5.91 Å². The van der Waals surface area contributed by atoms with E-state index in [1.54, 1.807) is 0 Å². The number of hydrogen-bond acceptors (Lipinski definition) is 7. The van der Waals surface area contributed by atoms with Crippen molar-refractivity contribution in [3.63, 3.8) is 0 Å². The van der Waals surface area contributed by atoms with Gasteiger partial charge >= 0.3 is 6.18 Å². The van der Waals surface area contributed by atoms with E-state index in [2.05, 4.69) is 30.9 Å². The van der Waals surface area contributed by atoms with E-state index in [-0.39, 0.29) is 22.5 Å². The zero-order valence-electron chi connectivity index (χ0n) is 18.2. The van der Waals surface area contributed by atoms with Crippen molar-refractivity contribution in [1.82, 2.24) is 15.4 Å². The average molecular weight is 497 g/mol. The highest BCUT2D eigenvalue weighted by molar-refractivity contribution is 7.70. The Bertz CT molecular complexity index is 1250. The molecule has 0 unspecified atom stereocenters. The number of alkyl halides is 3. The molecule has 180 valence electrons. The van der Waals surface area contributed by atoms with Gasteiger partial charge in [0, 0.05) is 22.8 Å². The second-order valence-corrected chi connectivity index (χ2v) is 10.6. The highest BCUT2D eigenvalue weighted by atomic mass is 31.2. The van der Waals surface area contributed by atoms with Crippen LogP contribution in [-0.2, 0) is 15.6 Å². The molecule has 0 bridgehead atoms. The monoisotopic (exact) mass is 497 g/mol. The minimum atomic E-state index is -4.79. The lowest BCUT2D eigenvalue weighted by atomic mass is 10.2. The number of halogens is 4. The molecule has 0 fully saturated rings. The predicted octanol–water partition coefficient (Wildman–Crippen LogP) is 4.66. The van der Waals surface area contributed by atoms with Gasteiger partial charge < -0.3 is 15.2 Å². The summed E-state index contributed by atoms with van der Waals surface area (Å²) in [6.45, 7) is 2.75. The fourth-order valence-electron chi connectivity index (χ4n) is 2.91. The molecule has 0 radical (unpaired) electrons. The molecule has 0 atom stereocenters. The first-order valence-corrected chi connectivity index (χ1v) is 12.3. The maximum atomic E-state index is 13.7. The lowest BCUT2D eigenvalue weighted by Gasteiger charge is -2.18. The molecule has 3 N–H and O–H groups in total. The lowest BCUT2D eigenvalue weighted by Crippen LogP contribution is -2.21. The molecule has 0 saturated carbocycles. The van der Waals surface area contributed by atoms with Crippen LogP contribution in [0.15, 0.2) is 48.7 Å². The first kappa shape index (κ1) is 25.1. The molecule has 3 rings (SSSR count). The second kappa shape index (κ2) is 9.78. The van der Waals surface area contributed by atoms with E-state index in [0.29, 0.717) is 11.9 Å². The minimum Gasteiger partial charge on any atom is -0.339 e. The van der Waals surface area contributed by atoms with Gasteiger partial charge in [-0.25, -0.2) is 14.9 Å². The number of benzene rings is 2. The molecule has 1 amide bonds. The van der Waals surface area contributed by atoms with Crippen molar-refractivity contribution >= 4 is 41.5 Å². The van der Waals surface area contributed by atoms with Gasteiger partial charge in [-0.1, -0.05) is 0 Å². The summed E-state index contributed by atoms with van der Waals surface area (Å²) < 4.78 is 67.1. The average Bonchev–Trinajstić information content (AvgIpc) is 2.74. The fraction of sp³-hybridized carbons (Fsp3) is 0.190. The van der Waals surface area contributed by atoms with E-state index < -0.39 is 36.4 Å². The summed E-state index contributed by atoms with van der Waals surface area (Å²) in [4.78, 5) is 23.9. The van der Waals surface area contributed by atoms with Crippen LogP contribution >= 0.6 is 7.14 Å². The number of anilines is 4. The summed E-state index contributed by atoms with van der Waals surface area (Å²) in [6.07, 6.45) is -4.20. The van der Waals surface area contributed by atoms with Crippen molar-refractivity contribution in [2.24, 2.45) is 0 Å². The Kier molecular flexibility index (Phi) is 7.23. The fourth-order valence-corrected chi connectivity index (χ4v) is 4.06. The summed E-state index contributed by atoms with van der Waals surface area (Å²) in [6, 6.07) is 9.18. The number of aromatic nitrogens is 2. The first-order valence-electron chi connectivity index (χ1n) is 9.65. The molecule has 8 nitrogen and oxygen atoms in total. The normalized spacial score (nSPS) is 11.7. The molecule has 3 aromatic rings. The molecule has 0 aliphatic heterocycles. The van der Waals surface area contributed by atoms with Crippen LogP contribution in [0.4, 0.5) is 40.7 Å². The van der Waals surface area contributed by atoms with E-state index in [0.717, 1.165) is 12.1 Å². The number of nitrogens with one attached hydrogen (secondary N) is 3. The maximum absolute atomic E-state index is 13.7. The Hall–Kier alpha value is -3.50. The zero-order chi connectivity index (χ0) is 25.1. The molecule has 13 heteroatoms. The molecular weight excluding hydrogens is 477 g/mol. The number of hydroxylamine groups is 1. The summed E-state index contributed by atoms with van der Waals surface area (Å²) in [5.41, 5.74) is 1.70. The van der Waals surface area contributed by atoms with Gasteiger partial charge in [0.05, 0.1) is 12.8 Å². The third-order valence-corrected chi connectivity index (χ3v) is 6.02. The van der Waals surface area contributed by atoms with Gasteiger partial charge in [0.2, 0.25) is 5.95 Å².